The van der Waals surface area contributed by atoms with Crippen molar-refractivity contribution in [3.8, 4) is 0 Å². The van der Waals surface area contributed by atoms with Gasteiger partial charge in [-0.25, -0.2) is 0 Å². The van der Waals surface area contributed by atoms with Gasteiger partial charge < -0.3 is 5.11 Å². The molecule has 1 saturated carbocycles. The molecule has 0 amide bonds. The Hall–Kier alpha value is -2.28. The number of fused-ring (bicyclic) bond motifs is 1. The van der Waals surface area contributed by atoms with Crippen molar-refractivity contribution in [2.45, 2.75) is 32.0 Å². The molecule has 2 aromatic rings. The number of carboxylic acids is 1. The fourth-order valence-electron chi connectivity index (χ4n) is 2.34. The van der Waals surface area contributed by atoms with E-state index in [4.69, 9.17) is 5.11 Å². The van der Waals surface area contributed by atoms with E-state index in [1.54, 1.807) is 18.2 Å². The van der Waals surface area contributed by atoms with Crippen LogP contribution in [0.5, 0.6) is 0 Å². The normalized spacial score (nSPS) is 14.7. The topological polar surface area (TPSA) is 88.3 Å². The van der Waals surface area contributed by atoms with Gasteiger partial charge in [0.25, 0.3) is 5.56 Å². The van der Waals surface area contributed by atoms with Gasteiger partial charge in [-0.2, -0.15) is 4.68 Å². The van der Waals surface area contributed by atoms with Crippen molar-refractivity contribution in [2.75, 3.05) is 6.54 Å². The highest BCUT2D eigenvalue weighted by atomic mass is 16.4. The highest BCUT2D eigenvalue weighted by Crippen LogP contribution is 2.27. The first kappa shape index (κ1) is 13.7. The molecule has 0 unspecified atom stereocenters. The van der Waals surface area contributed by atoms with Crippen LogP contribution in [-0.2, 0) is 11.5 Å². The molecular weight excluding hydrogens is 272 g/mol. The van der Waals surface area contributed by atoms with Gasteiger partial charge in [0.15, 0.2) is 0 Å². The maximum Gasteiger partial charge on any atom is 0.304 e. The SMILES string of the molecule is O=C(O)CCN(Cn1nnc2ccccc2c1=O)C1CC1. The highest BCUT2D eigenvalue weighted by Gasteiger charge is 2.29. The molecule has 3 rings (SSSR count). The van der Waals surface area contributed by atoms with Crippen molar-refractivity contribution >= 4 is 16.9 Å². The minimum atomic E-state index is -0.836. The third-order valence-electron chi connectivity index (χ3n) is 3.62. The first-order valence-corrected chi connectivity index (χ1v) is 6.93. The van der Waals surface area contributed by atoms with Crippen LogP contribution in [0.25, 0.3) is 10.9 Å². The maximum absolute atomic E-state index is 12.4. The second kappa shape index (κ2) is 5.61. The molecule has 1 fully saturated rings. The third-order valence-corrected chi connectivity index (χ3v) is 3.62. The molecule has 0 radical (unpaired) electrons. The number of hydrogen-bond acceptors (Lipinski definition) is 5. The Morgan fingerprint density at radius 2 is 2.14 bits per heavy atom. The number of aliphatic carboxylic acids is 1. The van der Waals surface area contributed by atoms with Gasteiger partial charge in [0, 0.05) is 12.6 Å². The molecule has 1 aromatic heterocycles. The minimum absolute atomic E-state index is 0.0618. The van der Waals surface area contributed by atoms with Gasteiger partial charge in [-0.1, -0.05) is 17.3 Å². The summed E-state index contributed by atoms with van der Waals surface area (Å²) in [4.78, 5) is 25.1. The summed E-state index contributed by atoms with van der Waals surface area (Å²) in [6.07, 6.45) is 2.14. The van der Waals surface area contributed by atoms with E-state index in [-0.39, 0.29) is 18.6 Å². The van der Waals surface area contributed by atoms with Gasteiger partial charge in [0.05, 0.1) is 18.5 Å². The molecule has 7 nitrogen and oxygen atoms in total. The number of aromatic nitrogens is 3. The fourth-order valence-corrected chi connectivity index (χ4v) is 2.34. The van der Waals surface area contributed by atoms with Gasteiger partial charge in [-0.15, -0.1) is 5.10 Å². The Balaban J connectivity index is 1.84. The lowest BCUT2D eigenvalue weighted by molar-refractivity contribution is -0.137. The van der Waals surface area contributed by atoms with Crippen LogP contribution in [0.3, 0.4) is 0 Å². The zero-order chi connectivity index (χ0) is 14.8. The first-order chi connectivity index (χ1) is 10.1. The summed E-state index contributed by atoms with van der Waals surface area (Å²) in [6.45, 7) is 0.704. The largest absolute Gasteiger partial charge is 0.481 e. The predicted molar refractivity (Wildman–Crippen MR) is 75.8 cm³/mol. The Morgan fingerprint density at radius 1 is 1.38 bits per heavy atom. The number of rotatable bonds is 6. The molecule has 0 spiro atoms. The second-order valence-corrected chi connectivity index (χ2v) is 5.24. The predicted octanol–water partition coefficient (Wildman–Crippen LogP) is 0.688. The molecule has 1 aliphatic carbocycles. The molecule has 1 N–H and O–H groups in total. The van der Waals surface area contributed by atoms with E-state index in [1.165, 1.54) is 4.68 Å². The van der Waals surface area contributed by atoms with Crippen LogP contribution in [-0.4, -0.2) is 43.6 Å². The lowest BCUT2D eigenvalue weighted by Gasteiger charge is -2.21. The standard InChI is InChI=1S/C14H16N4O3/c19-13(20)7-8-17(10-5-6-10)9-18-14(21)11-3-1-2-4-12(11)15-16-18/h1-4,10H,5-9H2,(H,19,20). The average molecular weight is 288 g/mol. The smallest absolute Gasteiger partial charge is 0.304 e. The highest BCUT2D eigenvalue weighted by molar-refractivity contribution is 5.76. The van der Waals surface area contributed by atoms with Crippen molar-refractivity contribution in [3.05, 3.63) is 34.6 Å². The monoisotopic (exact) mass is 288 g/mol. The molecule has 7 heteroatoms. The Bertz CT molecular complexity index is 723. The van der Waals surface area contributed by atoms with E-state index in [9.17, 15) is 9.59 Å². The Kier molecular flexibility index (Phi) is 3.66. The fraction of sp³-hybridized carbons (Fsp3) is 0.429. The number of carboxylic acid groups (broad SMARTS) is 1. The molecule has 0 atom stereocenters. The van der Waals surface area contributed by atoms with Crippen molar-refractivity contribution in [2.24, 2.45) is 0 Å². The Morgan fingerprint density at radius 3 is 2.86 bits per heavy atom. The van der Waals surface area contributed by atoms with E-state index in [0.717, 1.165) is 12.8 Å². The van der Waals surface area contributed by atoms with Gasteiger partial charge in [-0.3, -0.25) is 14.5 Å². The summed E-state index contributed by atoms with van der Waals surface area (Å²) in [6, 6.07) is 7.42. The van der Waals surface area contributed by atoms with Crippen molar-refractivity contribution < 1.29 is 9.90 Å². The van der Waals surface area contributed by atoms with Crippen LogP contribution in [0.2, 0.25) is 0 Å². The van der Waals surface area contributed by atoms with E-state index in [2.05, 4.69) is 10.3 Å². The molecular formula is C14H16N4O3. The van der Waals surface area contributed by atoms with Crippen LogP contribution in [0.4, 0.5) is 0 Å². The zero-order valence-corrected chi connectivity index (χ0v) is 11.5. The summed E-state index contributed by atoms with van der Waals surface area (Å²) in [5.74, 6) is -0.836. The quantitative estimate of drug-likeness (QED) is 0.841. The Labute approximate surface area is 120 Å². The minimum Gasteiger partial charge on any atom is -0.481 e. The molecule has 1 heterocycles. The van der Waals surface area contributed by atoms with Crippen LogP contribution in [0.15, 0.2) is 29.1 Å². The summed E-state index contributed by atoms with van der Waals surface area (Å²) in [5.41, 5.74) is 0.379. The van der Waals surface area contributed by atoms with Gasteiger partial charge in [0.1, 0.15) is 5.52 Å². The lowest BCUT2D eigenvalue weighted by atomic mass is 10.2. The van der Waals surface area contributed by atoms with Crippen LogP contribution in [0, 0.1) is 0 Å². The van der Waals surface area contributed by atoms with Crippen molar-refractivity contribution in [1.29, 1.82) is 0 Å². The van der Waals surface area contributed by atoms with E-state index < -0.39 is 5.97 Å². The number of nitrogens with zero attached hydrogens (tertiary/aromatic N) is 4. The zero-order valence-electron chi connectivity index (χ0n) is 11.5. The third kappa shape index (κ3) is 3.08. The summed E-state index contributed by atoms with van der Waals surface area (Å²) >= 11 is 0. The van der Waals surface area contributed by atoms with Gasteiger partial charge in [-0.05, 0) is 25.0 Å². The number of hydrogen-bond donors (Lipinski definition) is 1. The average Bonchev–Trinajstić information content (AvgIpc) is 3.30. The molecule has 0 aliphatic heterocycles. The maximum atomic E-state index is 12.4. The van der Waals surface area contributed by atoms with E-state index in [0.29, 0.717) is 23.5 Å². The molecule has 1 aromatic carbocycles. The lowest BCUT2D eigenvalue weighted by Crippen LogP contribution is -2.37. The van der Waals surface area contributed by atoms with Crippen LogP contribution in [0.1, 0.15) is 19.3 Å². The van der Waals surface area contributed by atoms with Crippen molar-refractivity contribution in [1.82, 2.24) is 19.9 Å². The molecule has 0 saturated heterocycles. The summed E-state index contributed by atoms with van der Waals surface area (Å²) in [5, 5.41) is 17.3. The van der Waals surface area contributed by atoms with Crippen molar-refractivity contribution in [3.63, 3.8) is 0 Å². The molecule has 1 aliphatic rings. The molecule has 21 heavy (non-hydrogen) atoms. The summed E-state index contributed by atoms with van der Waals surface area (Å²) < 4.78 is 1.31. The number of carbonyl (C=O) groups is 1. The van der Waals surface area contributed by atoms with Crippen LogP contribution >= 0.6 is 0 Å². The first-order valence-electron chi connectivity index (χ1n) is 6.93. The summed E-state index contributed by atoms with van der Waals surface area (Å²) in [7, 11) is 0. The van der Waals surface area contributed by atoms with Gasteiger partial charge in [0.2, 0.25) is 0 Å². The second-order valence-electron chi connectivity index (χ2n) is 5.24. The van der Waals surface area contributed by atoms with E-state index in [1.807, 2.05) is 11.0 Å². The van der Waals surface area contributed by atoms with Gasteiger partial charge >= 0.3 is 5.97 Å². The van der Waals surface area contributed by atoms with E-state index >= 15 is 0 Å². The number of benzene rings is 1. The molecule has 0 bridgehead atoms. The van der Waals surface area contributed by atoms with Crippen LogP contribution < -0.4 is 5.56 Å². The molecule has 110 valence electrons.